The van der Waals surface area contributed by atoms with Gasteiger partial charge in [-0.05, 0) is 26.3 Å². The SMILES string of the molecule is CCCC(C)(O)CNCCCOCC(F)(F)F. The van der Waals surface area contributed by atoms with Crippen LogP contribution in [0.1, 0.15) is 33.1 Å². The molecular weight excluding hydrogens is 235 g/mol. The van der Waals surface area contributed by atoms with Gasteiger partial charge in [-0.1, -0.05) is 13.3 Å². The fourth-order valence-electron chi connectivity index (χ4n) is 1.47. The summed E-state index contributed by atoms with van der Waals surface area (Å²) >= 11 is 0. The van der Waals surface area contributed by atoms with Crippen molar-refractivity contribution < 1.29 is 23.0 Å². The molecule has 0 fully saturated rings. The largest absolute Gasteiger partial charge is 0.411 e. The predicted octanol–water partition coefficient (Wildman–Crippen LogP) is 2.10. The summed E-state index contributed by atoms with van der Waals surface area (Å²) in [5, 5.41) is 12.8. The Morgan fingerprint density at radius 2 is 1.94 bits per heavy atom. The van der Waals surface area contributed by atoms with E-state index in [0.29, 0.717) is 25.9 Å². The van der Waals surface area contributed by atoms with E-state index in [9.17, 15) is 18.3 Å². The molecule has 0 saturated carbocycles. The van der Waals surface area contributed by atoms with Crippen molar-refractivity contribution >= 4 is 0 Å². The Balaban J connectivity index is 3.35. The van der Waals surface area contributed by atoms with Crippen molar-refractivity contribution in [1.82, 2.24) is 5.32 Å². The summed E-state index contributed by atoms with van der Waals surface area (Å²) in [5.41, 5.74) is -0.748. The van der Waals surface area contributed by atoms with Gasteiger partial charge in [-0.3, -0.25) is 0 Å². The number of hydrogen-bond acceptors (Lipinski definition) is 3. The Labute approximate surface area is 100 Å². The Kier molecular flexibility index (Phi) is 7.74. The van der Waals surface area contributed by atoms with Crippen LogP contribution in [0.15, 0.2) is 0 Å². The van der Waals surface area contributed by atoms with Crippen LogP contribution in [0.3, 0.4) is 0 Å². The zero-order valence-corrected chi connectivity index (χ0v) is 10.4. The maximum absolute atomic E-state index is 11.7. The highest BCUT2D eigenvalue weighted by molar-refractivity contribution is 4.74. The molecule has 104 valence electrons. The minimum atomic E-state index is -4.25. The first kappa shape index (κ1) is 16.7. The number of alkyl halides is 3. The van der Waals surface area contributed by atoms with Gasteiger partial charge >= 0.3 is 6.18 Å². The predicted molar refractivity (Wildman–Crippen MR) is 59.9 cm³/mol. The summed E-state index contributed by atoms with van der Waals surface area (Å²) < 4.78 is 39.5. The van der Waals surface area contributed by atoms with Gasteiger partial charge in [-0.15, -0.1) is 0 Å². The molecule has 0 aliphatic rings. The van der Waals surface area contributed by atoms with E-state index in [0.717, 1.165) is 6.42 Å². The lowest BCUT2D eigenvalue weighted by molar-refractivity contribution is -0.173. The van der Waals surface area contributed by atoms with Crippen molar-refractivity contribution in [3.05, 3.63) is 0 Å². The van der Waals surface area contributed by atoms with Gasteiger partial charge in [-0.2, -0.15) is 13.2 Å². The first-order valence-electron chi connectivity index (χ1n) is 5.84. The van der Waals surface area contributed by atoms with Gasteiger partial charge in [-0.25, -0.2) is 0 Å². The molecule has 0 aromatic rings. The maximum atomic E-state index is 11.7. The van der Waals surface area contributed by atoms with Crippen LogP contribution in [0.5, 0.6) is 0 Å². The number of ether oxygens (including phenoxy) is 1. The molecular formula is C11H22F3NO2. The van der Waals surface area contributed by atoms with Crippen LogP contribution in [0.25, 0.3) is 0 Å². The second-order valence-corrected chi connectivity index (χ2v) is 4.45. The van der Waals surface area contributed by atoms with Crippen molar-refractivity contribution in [2.75, 3.05) is 26.3 Å². The maximum Gasteiger partial charge on any atom is 0.411 e. The normalized spacial score (nSPS) is 15.9. The van der Waals surface area contributed by atoms with E-state index in [1.807, 2.05) is 6.92 Å². The summed E-state index contributed by atoms with van der Waals surface area (Å²) in [6, 6.07) is 0. The molecule has 0 aliphatic heterocycles. The van der Waals surface area contributed by atoms with Gasteiger partial charge in [0.1, 0.15) is 6.61 Å². The lowest BCUT2D eigenvalue weighted by atomic mass is 10.0. The molecule has 3 nitrogen and oxygen atoms in total. The third kappa shape index (κ3) is 11.9. The van der Waals surface area contributed by atoms with Crippen molar-refractivity contribution in [2.24, 2.45) is 0 Å². The van der Waals surface area contributed by atoms with Crippen LogP contribution in [-0.4, -0.2) is 43.2 Å². The number of nitrogens with one attached hydrogen (secondary N) is 1. The summed E-state index contributed by atoms with van der Waals surface area (Å²) in [6.07, 6.45) is -2.16. The van der Waals surface area contributed by atoms with Crippen LogP contribution in [-0.2, 0) is 4.74 Å². The van der Waals surface area contributed by atoms with Crippen molar-refractivity contribution in [1.29, 1.82) is 0 Å². The van der Waals surface area contributed by atoms with Crippen molar-refractivity contribution in [2.45, 2.75) is 44.9 Å². The smallest absolute Gasteiger partial charge is 0.389 e. The average Bonchev–Trinajstić information content (AvgIpc) is 2.14. The molecule has 0 aromatic carbocycles. The summed E-state index contributed by atoms with van der Waals surface area (Å²) in [4.78, 5) is 0. The molecule has 6 heteroatoms. The average molecular weight is 257 g/mol. The second kappa shape index (κ2) is 7.89. The van der Waals surface area contributed by atoms with Gasteiger partial charge in [0, 0.05) is 13.2 Å². The summed E-state index contributed by atoms with van der Waals surface area (Å²) in [7, 11) is 0. The topological polar surface area (TPSA) is 41.5 Å². The number of rotatable bonds is 9. The second-order valence-electron chi connectivity index (χ2n) is 4.45. The molecule has 0 bridgehead atoms. The van der Waals surface area contributed by atoms with Gasteiger partial charge in [0.2, 0.25) is 0 Å². The Morgan fingerprint density at radius 3 is 2.47 bits per heavy atom. The summed E-state index contributed by atoms with van der Waals surface area (Å²) in [5.74, 6) is 0. The highest BCUT2D eigenvalue weighted by Gasteiger charge is 2.27. The fourth-order valence-corrected chi connectivity index (χ4v) is 1.47. The van der Waals surface area contributed by atoms with E-state index >= 15 is 0 Å². The van der Waals surface area contributed by atoms with E-state index in [1.54, 1.807) is 6.92 Å². The molecule has 0 amide bonds. The van der Waals surface area contributed by atoms with E-state index < -0.39 is 18.4 Å². The quantitative estimate of drug-likeness (QED) is 0.621. The minimum absolute atomic E-state index is 0.0719. The first-order chi connectivity index (χ1) is 7.77. The Bertz CT molecular complexity index is 196. The van der Waals surface area contributed by atoms with Crippen LogP contribution in [0.4, 0.5) is 13.2 Å². The molecule has 1 unspecified atom stereocenters. The van der Waals surface area contributed by atoms with Crippen LogP contribution >= 0.6 is 0 Å². The van der Waals surface area contributed by atoms with Crippen LogP contribution in [0.2, 0.25) is 0 Å². The Morgan fingerprint density at radius 1 is 1.29 bits per heavy atom. The highest BCUT2D eigenvalue weighted by atomic mass is 19.4. The highest BCUT2D eigenvalue weighted by Crippen LogP contribution is 2.14. The van der Waals surface area contributed by atoms with E-state index in [-0.39, 0.29) is 6.61 Å². The third-order valence-electron chi connectivity index (χ3n) is 2.20. The monoisotopic (exact) mass is 257 g/mol. The molecule has 1 atom stereocenters. The number of halogens is 3. The van der Waals surface area contributed by atoms with Gasteiger partial charge in [0.05, 0.1) is 5.60 Å². The lowest BCUT2D eigenvalue weighted by Gasteiger charge is -2.23. The third-order valence-corrected chi connectivity index (χ3v) is 2.20. The fraction of sp³-hybridized carbons (Fsp3) is 1.00. The minimum Gasteiger partial charge on any atom is -0.389 e. The van der Waals surface area contributed by atoms with Gasteiger partial charge < -0.3 is 15.2 Å². The number of hydrogen-bond donors (Lipinski definition) is 2. The van der Waals surface area contributed by atoms with Gasteiger partial charge in [0.25, 0.3) is 0 Å². The zero-order chi connectivity index (χ0) is 13.4. The first-order valence-corrected chi connectivity index (χ1v) is 5.84. The van der Waals surface area contributed by atoms with E-state index in [1.165, 1.54) is 0 Å². The molecule has 0 aliphatic carbocycles. The standard InChI is InChI=1S/C11H22F3NO2/c1-3-5-10(2,16)8-15-6-4-7-17-9-11(12,13)14/h15-16H,3-9H2,1-2H3. The Hall–Kier alpha value is -0.330. The van der Waals surface area contributed by atoms with Crippen LogP contribution in [0, 0.1) is 0 Å². The molecule has 0 heterocycles. The molecule has 0 saturated heterocycles. The van der Waals surface area contributed by atoms with Crippen LogP contribution < -0.4 is 5.32 Å². The molecule has 0 rings (SSSR count). The lowest BCUT2D eigenvalue weighted by Crippen LogP contribution is -2.38. The van der Waals surface area contributed by atoms with Gasteiger partial charge in [0.15, 0.2) is 0 Å². The van der Waals surface area contributed by atoms with E-state index in [4.69, 9.17) is 0 Å². The molecule has 0 radical (unpaired) electrons. The summed E-state index contributed by atoms with van der Waals surface area (Å²) in [6.45, 7) is 3.59. The molecule has 0 spiro atoms. The van der Waals surface area contributed by atoms with E-state index in [2.05, 4.69) is 10.1 Å². The van der Waals surface area contributed by atoms with Crippen molar-refractivity contribution in [3.8, 4) is 0 Å². The molecule has 0 aromatic heterocycles. The zero-order valence-electron chi connectivity index (χ0n) is 10.4. The molecule has 2 N–H and O–H groups in total. The molecule has 17 heavy (non-hydrogen) atoms. The van der Waals surface area contributed by atoms with Crippen molar-refractivity contribution in [3.63, 3.8) is 0 Å². The number of aliphatic hydroxyl groups is 1.